The molecule has 1 unspecified atom stereocenters. The highest BCUT2D eigenvalue weighted by Gasteiger charge is 2.12. The lowest BCUT2D eigenvalue weighted by atomic mass is 9.95. The Hall–Kier alpha value is -0.600. The summed E-state index contributed by atoms with van der Waals surface area (Å²) in [5, 5.41) is 9.61. The van der Waals surface area contributed by atoms with Crippen molar-refractivity contribution >= 4 is 0 Å². The summed E-state index contributed by atoms with van der Waals surface area (Å²) < 4.78 is 0. The van der Waals surface area contributed by atoms with Crippen LogP contribution in [0.25, 0.3) is 0 Å². The molecule has 0 spiro atoms. The summed E-state index contributed by atoms with van der Waals surface area (Å²) in [4.78, 5) is 0. The van der Waals surface area contributed by atoms with Crippen molar-refractivity contribution in [3.63, 3.8) is 0 Å². The zero-order valence-electron chi connectivity index (χ0n) is 11.9. The van der Waals surface area contributed by atoms with Crippen molar-refractivity contribution in [2.24, 2.45) is 11.7 Å². The first-order valence-electron chi connectivity index (χ1n) is 6.61. The van der Waals surface area contributed by atoms with Crippen LogP contribution in [-0.2, 0) is 0 Å². The lowest BCUT2D eigenvalue weighted by molar-refractivity contribution is 0.0670. The Morgan fingerprint density at radius 1 is 1.41 bits per heavy atom. The van der Waals surface area contributed by atoms with E-state index in [1.807, 2.05) is 19.9 Å². The van der Waals surface area contributed by atoms with Gasteiger partial charge in [0, 0.05) is 6.54 Å². The maximum atomic E-state index is 9.61. The minimum absolute atomic E-state index is 0.518. The average Bonchev–Trinajstić information content (AvgIpc) is 2.16. The van der Waals surface area contributed by atoms with Gasteiger partial charge >= 0.3 is 0 Å². The summed E-state index contributed by atoms with van der Waals surface area (Å²) in [6, 6.07) is 0. The van der Waals surface area contributed by atoms with Crippen molar-refractivity contribution in [3.8, 4) is 0 Å². The first-order chi connectivity index (χ1) is 7.85. The van der Waals surface area contributed by atoms with Crippen molar-refractivity contribution in [3.05, 3.63) is 23.8 Å². The molecule has 0 saturated heterocycles. The molecule has 0 aromatic carbocycles. The van der Waals surface area contributed by atoms with Gasteiger partial charge in [0.1, 0.15) is 0 Å². The second-order valence-electron chi connectivity index (χ2n) is 5.63. The van der Waals surface area contributed by atoms with Crippen LogP contribution in [0, 0.1) is 5.92 Å². The molecular weight excluding hydrogens is 210 g/mol. The SMILES string of the molecule is CC(C=CCC(C)CCCC(C)(C)O)=CCN. The van der Waals surface area contributed by atoms with E-state index in [-0.39, 0.29) is 0 Å². The van der Waals surface area contributed by atoms with Crippen LogP contribution in [-0.4, -0.2) is 17.3 Å². The Morgan fingerprint density at radius 2 is 2.06 bits per heavy atom. The molecule has 3 N–H and O–H groups in total. The quantitative estimate of drug-likeness (QED) is 0.638. The van der Waals surface area contributed by atoms with E-state index in [1.54, 1.807) is 0 Å². The normalized spacial score (nSPS) is 15.5. The van der Waals surface area contributed by atoms with Crippen molar-refractivity contribution < 1.29 is 5.11 Å². The highest BCUT2D eigenvalue weighted by atomic mass is 16.3. The van der Waals surface area contributed by atoms with Gasteiger partial charge < -0.3 is 10.8 Å². The van der Waals surface area contributed by atoms with Crippen molar-refractivity contribution in [1.29, 1.82) is 0 Å². The molecule has 0 aliphatic carbocycles. The van der Waals surface area contributed by atoms with E-state index in [0.717, 1.165) is 19.3 Å². The molecular formula is C15H29NO. The fourth-order valence-corrected chi connectivity index (χ4v) is 1.74. The van der Waals surface area contributed by atoms with Gasteiger partial charge in [-0.3, -0.25) is 0 Å². The highest BCUT2D eigenvalue weighted by molar-refractivity contribution is 5.16. The fourth-order valence-electron chi connectivity index (χ4n) is 1.74. The van der Waals surface area contributed by atoms with Crippen LogP contribution >= 0.6 is 0 Å². The Morgan fingerprint density at radius 3 is 2.59 bits per heavy atom. The maximum absolute atomic E-state index is 9.61. The minimum Gasteiger partial charge on any atom is -0.390 e. The van der Waals surface area contributed by atoms with E-state index in [4.69, 9.17) is 5.73 Å². The third kappa shape index (κ3) is 11.7. The molecule has 0 saturated carbocycles. The molecule has 0 aliphatic heterocycles. The maximum Gasteiger partial charge on any atom is 0.0591 e. The molecule has 17 heavy (non-hydrogen) atoms. The number of aliphatic hydroxyl groups is 1. The van der Waals surface area contributed by atoms with Crippen LogP contribution in [0.4, 0.5) is 0 Å². The molecule has 2 nitrogen and oxygen atoms in total. The number of rotatable bonds is 8. The Labute approximate surface area is 107 Å². The Kier molecular flexibility index (Phi) is 8.19. The van der Waals surface area contributed by atoms with Gasteiger partial charge in [-0.15, -0.1) is 0 Å². The highest BCUT2D eigenvalue weighted by Crippen LogP contribution is 2.18. The van der Waals surface area contributed by atoms with Crippen LogP contribution in [0.15, 0.2) is 23.8 Å². The fraction of sp³-hybridized carbons (Fsp3) is 0.733. The molecule has 0 rings (SSSR count). The van der Waals surface area contributed by atoms with E-state index in [9.17, 15) is 5.11 Å². The predicted octanol–water partition coefficient (Wildman–Crippen LogP) is 3.42. The van der Waals surface area contributed by atoms with Crippen LogP contribution in [0.1, 0.15) is 53.4 Å². The number of allylic oxidation sites excluding steroid dienone is 3. The molecule has 0 heterocycles. The van der Waals surface area contributed by atoms with E-state index < -0.39 is 5.60 Å². The first-order valence-corrected chi connectivity index (χ1v) is 6.61. The smallest absolute Gasteiger partial charge is 0.0591 e. The van der Waals surface area contributed by atoms with Crippen molar-refractivity contribution in [2.45, 2.75) is 59.0 Å². The molecule has 0 aromatic rings. The predicted molar refractivity (Wildman–Crippen MR) is 75.9 cm³/mol. The zero-order chi connectivity index (χ0) is 13.3. The molecule has 2 heteroatoms. The van der Waals surface area contributed by atoms with Gasteiger partial charge in [-0.1, -0.05) is 43.6 Å². The summed E-state index contributed by atoms with van der Waals surface area (Å²) in [6.07, 6.45) is 10.6. The molecule has 0 aliphatic rings. The molecule has 1 atom stereocenters. The van der Waals surface area contributed by atoms with Crippen LogP contribution in [0.2, 0.25) is 0 Å². The first kappa shape index (κ1) is 16.4. The van der Waals surface area contributed by atoms with Gasteiger partial charge in [0.15, 0.2) is 0 Å². The zero-order valence-corrected chi connectivity index (χ0v) is 11.9. The van der Waals surface area contributed by atoms with E-state index in [0.29, 0.717) is 12.5 Å². The van der Waals surface area contributed by atoms with Crippen molar-refractivity contribution in [1.82, 2.24) is 0 Å². The van der Waals surface area contributed by atoms with Crippen LogP contribution in [0.5, 0.6) is 0 Å². The van der Waals surface area contributed by atoms with E-state index >= 15 is 0 Å². The summed E-state index contributed by atoms with van der Waals surface area (Å²) in [7, 11) is 0. The topological polar surface area (TPSA) is 46.2 Å². The number of hydrogen-bond acceptors (Lipinski definition) is 2. The molecule has 0 fully saturated rings. The van der Waals surface area contributed by atoms with Gasteiger partial charge in [-0.05, 0) is 39.5 Å². The second-order valence-corrected chi connectivity index (χ2v) is 5.63. The van der Waals surface area contributed by atoms with Gasteiger partial charge in [-0.2, -0.15) is 0 Å². The molecule has 0 radical (unpaired) electrons. The number of nitrogens with two attached hydrogens (primary N) is 1. The van der Waals surface area contributed by atoms with E-state index in [2.05, 4.69) is 26.0 Å². The van der Waals surface area contributed by atoms with Crippen LogP contribution in [0.3, 0.4) is 0 Å². The Balaban J connectivity index is 3.73. The average molecular weight is 239 g/mol. The minimum atomic E-state index is -0.518. The lowest BCUT2D eigenvalue weighted by Crippen LogP contribution is -2.18. The standard InChI is InChI=1S/C15H29NO/c1-13(9-6-11-15(3,4)17)7-5-8-14(2)10-12-16/h5,8,10,13,17H,6-7,9,11-12,16H2,1-4H3. The second kappa shape index (κ2) is 8.48. The van der Waals surface area contributed by atoms with Gasteiger partial charge in [0.25, 0.3) is 0 Å². The summed E-state index contributed by atoms with van der Waals surface area (Å²) in [5.74, 6) is 0.680. The van der Waals surface area contributed by atoms with Gasteiger partial charge in [-0.25, -0.2) is 0 Å². The monoisotopic (exact) mass is 239 g/mol. The number of hydrogen-bond donors (Lipinski definition) is 2. The largest absolute Gasteiger partial charge is 0.390 e. The third-order valence-electron chi connectivity index (χ3n) is 2.84. The lowest BCUT2D eigenvalue weighted by Gasteiger charge is -2.17. The summed E-state index contributed by atoms with van der Waals surface area (Å²) >= 11 is 0. The van der Waals surface area contributed by atoms with E-state index in [1.165, 1.54) is 12.0 Å². The summed E-state index contributed by atoms with van der Waals surface area (Å²) in [6.45, 7) is 8.69. The van der Waals surface area contributed by atoms with Gasteiger partial charge in [0.05, 0.1) is 5.60 Å². The van der Waals surface area contributed by atoms with Gasteiger partial charge in [0.2, 0.25) is 0 Å². The summed E-state index contributed by atoms with van der Waals surface area (Å²) in [5.41, 5.74) is 6.15. The molecule has 0 bridgehead atoms. The molecule has 100 valence electrons. The van der Waals surface area contributed by atoms with Crippen LogP contribution < -0.4 is 5.73 Å². The Bertz CT molecular complexity index is 248. The molecule has 0 aromatic heterocycles. The third-order valence-corrected chi connectivity index (χ3v) is 2.84. The molecule has 0 amide bonds. The van der Waals surface area contributed by atoms with Crippen molar-refractivity contribution in [2.75, 3.05) is 6.54 Å².